The number of rotatable bonds is 4. The average Bonchev–Trinajstić information content (AvgIpc) is 2.99. The van der Waals surface area contributed by atoms with Crippen LogP contribution in [0.1, 0.15) is 55.8 Å². The van der Waals surface area contributed by atoms with E-state index in [-0.39, 0.29) is 12.2 Å². The van der Waals surface area contributed by atoms with Crippen molar-refractivity contribution in [3.8, 4) is 0 Å². The van der Waals surface area contributed by atoms with E-state index in [0.29, 0.717) is 12.5 Å². The molecule has 2 heteroatoms. The molecule has 2 aliphatic carbocycles. The minimum Gasteiger partial charge on any atom is -0.390 e. The van der Waals surface area contributed by atoms with Crippen molar-refractivity contribution in [1.82, 2.24) is 0 Å². The summed E-state index contributed by atoms with van der Waals surface area (Å²) >= 11 is 0. The van der Waals surface area contributed by atoms with E-state index < -0.39 is 0 Å². The van der Waals surface area contributed by atoms with Crippen molar-refractivity contribution in [2.45, 2.75) is 57.2 Å². The Labute approximate surface area is 115 Å². The summed E-state index contributed by atoms with van der Waals surface area (Å²) < 4.78 is 6.03. The van der Waals surface area contributed by atoms with Gasteiger partial charge in [0.25, 0.3) is 0 Å². The molecule has 1 saturated carbocycles. The number of hydrogen-bond donors (Lipinski definition) is 1. The standard InChI is InChI=1S/C17H24O2/c18-16(14-7-1-2-8-14)12-19-17-11-5-9-13-6-3-4-10-15(13)17/h3-4,6,10,14,16-18H,1-2,5,7-9,11-12H2. The molecule has 2 aliphatic rings. The molecule has 0 saturated heterocycles. The van der Waals surface area contributed by atoms with Gasteiger partial charge in [0, 0.05) is 0 Å². The molecule has 104 valence electrons. The Morgan fingerprint density at radius 1 is 1.11 bits per heavy atom. The van der Waals surface area contributed by atoms with Gasteiger partial charge in [-0.05, 0) is 49.1 Å². The molecule has 2 atom stereocenters. The molecular weight excluding hydrogens is 236 g/mol. The number of aliphatic hydroxyl groups excluding tert-OH is 1. The van der Waals surface area contributed by atoms with Gasteiger partial charge in [-0.1, -0.05) is 37.1 Å². The third-order valence-electron chi connectivity index (χ3n) is 4.73. The van der Waals surface area contributed by atoms with Crippen molar-refractivity contribution in [3.63, 3.8) is 0 Å². The average molecular weight is 260 g/mol. The zero-order valence-electron chi connectivity index (χ0n) is 11.6. The summed E-state index contributed by atoms with van der Waals surface area (Å²) in [6, 6.07) is 8.59. The van der Waals surface area contributed by atoms with Crippen LogP contribution in [0.4, 0.5) is 0 Å². The van der Waals surface area contributed by atoms with Crippen LogP contribution in [-0.2, 0) is 11.2 Å². The van der Waals surface area contributed by atoms with Gasteiger partial charge >= 0.3 is 0 Å². The first-order chi connectivity index (χ1) is 9.34. The number of aliphatic hydroxyl groups is 1. The van der Waals surface area contributed by atoms with Gasteiger partial charge in [-0.2, -0.15) is 0 Å². The normalized spacial score (nSPS) is 25.2. The smallest absolute Gasteiger partial charge is 0.0829 e. The Bertz CT molecular complexity index is 409. The lowest BCUT2D eigenvalue weighted by atomic mass is 9.89. The van der Waals surface area contributed by atoms with Crippen LogP contribution in [0.25, 0.3) is 0 Å². The molecule has 2 unspecified atom stereocenters. The minimum absolute atomic E-state index is 0.195. The van der Waals surface area contributed by atoms with E-state index in [4.69, 9.17) is 4.74 Å². The van der Waals surface area contributed by atoms with Crippen molar-refractivity contribution in [2.75, 3.05) is 6.61 Å². The Kier molecular flexibility index (Phi) is 4.19. The van der Waals surface area contributed by atoms with E-state index in [9.17, 15) is 5.11 Å². The number of ether oxygens (including phenoxy) is 1. The Morgan fingerprint density at radius 3 is 2.74 bits per heavy atom. The van der Waals surface area contributed by atoms with E-state index in [1.165, 1.54) is 49.7 Å². The Morgan fingerprint density at radius 2 is 1.89 bits per heavy atom. The van der Waals surface area contributed by atoms with Gasteiger partial charge in [0.2, 0.25) is 0 Å². The molecule has 0 bridgehead atoms. The zero-order valence-corrected chi connectivity index (χ0v) is 11.6. The highest BCUT2D eigenvalue weighted by atomic mass is 16.5. The van der Waals surface area contributed by atoms with Gasteiger partial charge in [-0.25, -0.2) is 0 Å². The quantitative estimate of drug-likeness (QED) is 0.895. The fourth-order valence-corrected chi connectivity index (χ4v) is 3.58. The van der Waals surface area contributed by atoms with E-state index in [2.05, 4.69) is 24.3 Å². The molecule has 1 fully saturated rings. The summed E-state index contributed by atoms with van der Waals surface area (Å²) in [4.78, 5) is 0. The van der Waals surface area contributed by atoms with Crippen LogP contribution in [0, 0.1) is 5.92 Å². The second-order valence-electron chi connectivity index (χ2n) is 6.02. The van der Waals surface area contributed by atoms with Gasteiger partial charge in [0.05, 0.1) is 18.8 Å². The van der Waals surface area contributed by atoms with Crippen LogP contribution in [0.2, 0.25) is 0 Å². The fourth-order valence-electron chi connectivity index (χ4n) is 3.58. The molecule has 0 aromatic heterocycles. The van der Waals surface area contributed by atoms with Crippen molar-refractivity contribution >= 4 is 0 Å². The predicted octanol–water partition coefficient (Wildman–Crippen LogP) is 3.63. The summed E-state index contributed by atoms with van der Waals surface area (Å²) in [7, 11) is 0. The fraction of sp³-hybridized carbons (Fsp3) is 0.647. The maximum atomic E-state index is 10.2. The van der Waals surface area contributed by atoms with Crippen LogP contribution in [0.15, 0.2) is 24.3 Å². The van der Waals surface area contributed by atoms with Crippen molar-refractivity contribution in [2.24, 2.45) is 5.92 Å². The number of hydrogen-bond acceptors (Lipinski definition) is 2. The molecule has 1 aromatic rings. The summed E-state index contributed by atoms with van der Waals surface area (Å²) in [5.74, 6) is 0.471. The van der Waals surface area contributed by atoms with E-state index >= 15 is 0 Å². The maximum Gasteiger partial charge on any atom is 0.0829 e. The summed E-state index contributed by atoms with van der Waals surface area (Å²) in [5, 5.41) is 10.2. The SMILES string of the molecule is OC(COC1CCCc2ccccc21)C1CCCC1. The third kappa shape index (κ3) is 3.01. The largest absolute Gasteiger partial charge is 0.390 e. The summed E-state index contributed by atoms with van der Waals surface area (Å²) in [6.45, 7) is 0.504. The highest BCUT2D eigenvalue weighted by Crippen LogP contribution is 2.33. The van der Waals surface area contributed by atoms with E-state index in [1.807, 2.05) is 0 Å². The van der Waals surface area contributed by atoms with E-state index in [1.54, 1.807) is 0 Å². The highest BCUT2D eigenvalue weighted by Gasteiger charge is 2.26. The number of benzene rings is 1. The van der Waals surface area contributed by atoms with Crippen LogP contribution < -0.4 is 0 Å². The first-order valence-corrected chi connectivity index (χ1v) is 7.72. The molecule has 3 rings (SSSR count). The van der Waals surface area contributed by atoms with Crippen LogP contribution in [0.3, 0.4) is 0 Å². The van der Waals surface area contributed by atoms with Crippen LogP contribution in [0.5, 0.6) is 0 Å². The zero-order chi connectivity index (χ0) is 13.1. The van der Waals surface area contributed by atoms with Crippen molar-refractivity contribution in [3.05, 3.63) is 35.4 Å². The van der Waals surface area contributed by atoms with Gasteiger partial charge in [-0.3, -0.25) is 0 Å². The molecule has 1 N–H and O–H groups in total. The number of aryl methyl sites for hydroxylation is 1. The predicted molar refractivity (Wildman–Crippen MR) is 76.0 cm³/mol. The van der Waals surface area contributed by atoms with Crippen LogP contribution >= 0.6 is 0 Å². The Balaban J connectivity index is 1.58. The van der Waals surface area contributed by atoms with E-state index in [0.717, 1.165) is 6.42 Å². The molecule has 1 aromatic carbocycles. The highest BCUT2D eigenvalue weighted by molar-refractivity contribution is 5.31. The lowest BCUT2D eigenvalue weighted by Gasteiger charge is -2.27. The molecule has 0 aliphatic heterocycles. The molecule has 0 heterocycles. The van der Waals surface area contributed by atoms with Crippen molar-refractivity contribution in [1.29, 1.82) is 0 Å². The molecular formula is C17H24O2. The first kappa shape index (κ1) is 13.1. The third-order valence-corrected chi connectivity index (χ3v) is 4.73. The summed E-state index contributed by atoms with van der Waals surface area (Å²) in [5.41, 5.74) is 2.77. The molecule has 0 spiro atoms. The monoisotopic (exact) mass is 260 g/mol. The van der Waals surface area contributed by atoms with Crippen molar-refractivity contribution < 1.29 is 9.84 Å². The molecule has 0 radical (unpaired) electrons. The summed E-state index contributed by atoms with van der Waals surface area (Å²) in [6.07, 6.45) is 8.27. The topological polar surface area (TPSA) is 29.5 Å². The number of fused-ring (bicyclic) bond motifs is 1. The lowest BCUT2D eigenvalue weighted by molar-refractivity contribution is -0.0369. The maximum absolute atomic E-state index is 10.2. The second-order valence-corrected chi connectivity index (χ2v) is 6.02. The molecule has 19 heavy (non-hydrogen) atoms. The minimum atomic E-state index is -0.267. The van der Waals surface area contributed by atoms with Gasteiger partial charge in [-0.15, -0.1) is 0 Å². The van der Waals surface area contributed by atoms with Gasteiger partial charge < -0.3 is 9.84 Å². The second kappa shape index (κ2) is 6.06. The Hall–Kier alpha value is -0.860. The van der Waals surface area contributed by atoms with Gasteiger partial charge in [0.1, 0.15) is 0 Å². The first-order valence-electron chi connectivity index (χ1n) is 7.72. The van der Waals surface area contributed by atoms with Gasteiger partial charge in [0.15, 0.2) is 0 Å². The lowest BCUT2D eigenvalue weighted by Crippen LogP contribution is -2.26. The molecule has 0 amide bonds. The van der Waals surface area contributed by atoms with Crippen LogP contribution in [-0.4, -0.2) is 17.8 Å². The molecule has 2 nitrogen and oxygen atoms in total.